The third-order valence-electron chi connectivity index (χ3n) is 3.01. The van der Waals surface area contributed by atoms with Crippen LogP contribution in [0.2, 0.25) is 0 Å². The van der Waals surface area contributed by atoms with E-state index in [1.54, 1.807) is 12.1 Å². The predicted octanol–water partition coefficient (Wildman–Crippen LogP) is 3.32. The molecule has 106 valence electrons. The number of nitriles is 1. The number of pyridine rings is 1. The zero-order chi connectivity index (χ0) is 15.4. The molecule has 0 aliphatic rings. The Kier molecular flexibility index (Phi) is 4.66. The van der Waals surface area contributed by atoms with Crippen molar-refractivity contribution >= 4 is 21.8 Å². The van der Waals surface area contributed by atoms with E-state index in [1.807, 2.05) is 6.07 Å². The minimum atomic E-state index is -1.01. The van der Waals surface area contributed by atoms with Crippen LogP contribution in [0.1, 0.15) is 22.0 Å². The van der Waals surface area contributed by atoms with Crippen LogP contribution in [0, 0.1) is 17.1 Å². The van der Waals surface area contributed by atoms with Gasteiger partial charge in [-0.25, -0.2) is 4.39 Å². The third kappa shape index (κ3) is 3.26. The number of carbonyl (C=O) groups is 1. The van der Waals surface area contributed by atoms with Crippen molar-refractivity contribution in [3.05, 3.63) is 64.1 Å². The van der Waals surface area contributed by atoms with Gasteiger partial charge in [-0.2, -0.15) is 5.26 Å². The van der Waals surface area contributed by atoms with Crippen LogP contribution in [0.5, 0.6) is 0 Å². The van der Waals surface area contributed by atoms with Crippen molar-refractivity contribution in [3.63, 3.8) is 0 Å². The maximum Gasteiger partial charge on any atom is 0.255 e. The van der Waals surface area contributed by atoms with Gasteiger partial charge in [-0.3, -0.25) is 9.78 Å². The highest BCUT2D eigenvalue weighted by molar-refractivity contribution is 9.10. The van der Waals surface area contributed by atoms with Crippen LogP contribution in [-0.2, 0) is 0 Å². The maximum atomic E-state index is 13.9. The standard InChI is InChI=1S/C15H11BrFN3O/c1-20(15(21)10-4-6-19-7-5-10)14(9-18)12-8-11(16)2-3-13(12)17/h2-8,14H,1H3/t14-/m0/s1. The Balaban J connectivity index is 2.36. The molecule has 0 saturated heterocycles. The van der Waals surface area contributed by atoms with Gasteiger partial charge in [0, 0.05) is 35.0 Å². The van der Waals surface area contributed by atoms with Gasteiger partial charge in [0.2, 0.25) is 0 Å². The molecule has 2 rings (SSSR count). The molecule has 6 heteroatoms. The lowest BCUT2D eigenvalue weighted by molar-refractivity contribution is 0.0761. The number of hydrogen-bond acceptors (Lipinski definition) is 3. The normalized spacial score (nSPS) is 11.5. The van der Waals surface area contributed by atoms with Gasteiger partial charge in [0.1, 0.15) is 11.9 Å². The molecule has 0 unspecified atom stereocenters. The lowest BCUT2D eigenvalue weighted by Crippen LogP contribution is -2.31. The molecule has 1 atom stereocenters. The fourth-order valence-corrected chi connectivity index (χ4v) is 2.28. The first-order valence-corrected chi connectivity index (χ1v) is 6.85. The number of nitrogens with zero attached hydrogens (tertiary/aromatic N) is 3. The average molecular weight is 348 g/mol. The van der Waals surface area contributed by atoms with Crippen molar-refractivity contribution in [2.24, 2.45) is 0 Å². The first-order chi connectivity index (χ1) is 10.0. The van der Waals surface area contributed by atoms with Crippen molar-refractivity contribution in [2.45, 2.75) is 6.04 Å². The summed E-state index contributed by atoms with van der Waals surface area (Å²) < 4.78 is 14.6. The summed E-state index contributed by atoms with van der Waals surface area (Å²) in [6.07, 6.45) is 2.98. The van der Waals surface area contributed by atoms with Gasteiger partial charge >= 0.3 is 0 Å². The number of halogens is 2. The summed E-state index contributed by atoms with van der Waals surface area (Å²) in [6, 6.07) is 8.34. The van der Waals surface area contributed by atoms with Crippen LogP contribution >= 0.6 is 15.9 Å². The summed E-state index contributed by atoms with van der Waals surface area (Å²) in [7, 11) is 1.47. The molecule has 0 N–H and O–H groups in total. The minimum absolute atomic E-state index is 0.150. The molecule has 21 heavy (non-hydrogen) atoms. The molecule has 2 aromatic rings. The van der Waals surface area contributed by atoms with E-state index in [4.69, 9.17) is 0 Å². The van der Waals surface area contributed by atoms with Crippen LogP contribution in [0.25, 0.3) is 0 Å². The Hall–Kier alpha value is -2.26. The van der Waals surface area contributed by atoms with Gasteiger partial charge < -0.3 is 4.90 Å². The topological polar surface area (TPSA) is 57.0 Å². The first kappa shape index (κ1) is 15.1. The molecule has 0 radical (unpaired) electrons. The highest BCUT2D eigenvalue weighted by atomic mass is 79.9. The zero-order valence-electron chi connectivity index (χ0n) is 11.1. The minimum Gasteiger partial charge on any atom is -0.322 e. The molecular weight excluding hydrogens is 337 g/mol. The number of amides is 1. The highest BCUT2D eigenvalue weighted by Gasteiger charge is 2.25. The van der Waals surface area contributed by atoms with Gasteiger partial charge in [-0.1, -0.05) is 15.9 Å². The maximum absolute atomic E-state index is 13.9. The second-order valence-electron chi connectivity index (χ2n) is 4.35. The molecule has 1 aromatic carbocycles. The lowest BCUT2D eigenvalue weighted by atomic mass is 10.1. The molecule has 0 spiro atoms. The molecule has 1 amide bonds. The monoisotopic (exact) mass is 347 g/mol. The number of rotatable bonds is 3. The smallest absolute Gasteiger partial charge is 0.255 e. The highest BCUT2D eigenvalue weighted by Crippen LogP contribution is 2.26. The van der Waals surface area contributed by atoms with Crippen molar-refractivity contribution in [1.29, 1.82) is 5.26 Å². The van der Waals surface area contributed by atoms with E-state index < -0.39 is 11.9 Å². The SMILES string of the molecule is CN(C(=O)c1ccncc1)[C@@H](C#N)c1cc(Br)ccc1F. The van der Waals surface area contributed by atoms with E-state index in [0.717, 1.165) is 0 Å². The average Bonchev–Trinajstić information content (AvgIpc) is 2.51. The summed E-state index contributed by atoms with van der Waals surface area (Å²) in [4.78, 5) is 17.4. The number of carbonyl (C=O) groups excluding carboxylic acids is 1. The summed E-state index contributed by atoms with van der Waals surface area (Å²) in [6.45, 7) is 0. The molecule has 0 saturated carbocycles. The van der Waals surface area contributed by atoms with Crippen molar-refractivity contribution in [3.8, 4) is 6.07 Å². The second kappa shape index (κ2) is 6.46. The van der Waals surface area contributed by atoms with Crippen molar-refractivity contribution in [2.75, 3.05) is 7.05 Å². The van der Waals surface area contributed by atoms with Crippen molar-refractivity contribution < 1.29 is 9.18 Å². The molecule has 4 nitrogen and oxygen atoms in total. The molecule has 0 aliphatic heterocycles. The molecular formula is C15H11BrFN3O. The molecule has 0 aliphatic carbocycles. The van der Waals surface area contributed by atoms with E-state index in [9.17, 15) is 14.4 Å². The second-order valence-corrected chi connectivity index (χ2v) is 5.27. The first-order valence-electron chi connectivity index (χ1n) is 6.06. The lowest BCUT2D eigenvalue weighted by Gasteiger charge is -2.23. The van der Waals surface area contributed by atoms with Crippen LogP contribution in [-0.4, -0.2) is 22.8 Å². The van der Waals surface area contributed by atoms with Gasteiger partial charge in [-0.05, 0) is 30.3 Å². The van der Waals surface area contributed by atoms with Gasteiger partial charge in [0.15, 0.2) is 0 Å². The molecule has 1 heterocycles. The predicted molar refractivity (Wildman–Crippen MR) is 78.8 cm³/mol. The van der Waals surface area contributed by atoms with Crippen LogP contribution in [0.15, 0.2) is 47.2 Å². The summed E-state index contributed by atoms with van der Waals surface area (Å²) in [5.41, 5.74) is 0.542. The largest absolute Gasteiger partial charge is 0.322 e. The molecule has 0 fully saturated rings. The van der Waals surface area contributed by atoms with E-state index in [2.05, 4.69) is 20.9 Å². The summed E-state index contributed by atoms with van der Waals surface area (Å²) in [5.74, 6) is -0.901. The summed E-state index contributed by atoms with van der Waals surface area (Å²) in [5, 5.41) is 9.32. The van der Waals surface area contributed by atoms with E-state index in [0.29, 0.717) is 10.0 Å². The number of benzene rings is 1. The van der Waals surface area contributed by atoms with Gasteiger partial charge in [0.25, 0.3) is 5.91 Å². The third-order valence-corrected chi connectivity index (χ3v) is 3.50. The fraction of sp³-hybridized carbons (Fsp3) is 0.133. The number of aromatic nitrogens is 1. The Morgan fingerprint density at radius 2 is 2.05 bits per heavy atom. The van der Waals surface area contributed by atoms with E-state index in [1.165, 1.54) is 42.5 Å². The molecule has 1 aromatic heterocycles. The Labute approximate surface area is 130 Å². The quantitative estimate of drug-likeness (QED) is 0.855. The fourth-order valence-electron chi connectivity index (χ4n) is 1.90. The Morgan fingerprint density at radius 3 is 2.67 bits per heavy atom. The Bertz CT molecular complexity index is 700. The van der Waals surface area contributed by atoms with Crippen molar-refractivity contribution in [1.82, 2.24) is 9.88 Å². The summed E-state index contributed by atoms with van der Waals surface area (Å²) >= 11 is 3.24. The van der Waals surface area contributed by atoms with E-state index in [-0.39, 0.29) is 11.5 Å². The van der Waals surface area contributed by atoms with E-state index >= 15 is 0 Å². The van der Waals surface area contributed by atoms with Crippen LogP contribution in [0.3, 0.4) is 0 Å². The van der Waals surface area contributed by atoms with Gasteiger partial charge in [-0.15, -0.1) is 0 Å². The molecule has 0 bridgehead atoms. The van der Waals surface area contributed by atoms with Crippen LogP contribution < -0.4 is 0 Å². The Morgan fingerprint density at radius 1 is 1.38 bits per heavy atom. The zero-order valence-corrected chi connectivity index (χ0v) is 12.7. The number of hydrogen-bond donors (Lipinski definition) is 0. The van der Waals surface area contributed by atoms with Gasteiger partial charge in [0.05, 0.1) is 6.07 Å². The van der Waals surface area contributed by atoms with Crippen LogP contribution in [0.4, 0.5) is 4.39 Å².